The van der Waals surface area contributed by atoms with Crippen LogP contribution in [-0.2, 0) is 15.1 Å². The molecule has 1 atom stereocenters. The van der Waals surface area contributed by atoms with Crippen molar-refractivity contribution in [3.8, 4) is 0 Å². The van der Waals surface area contributed by atoms with E-state index in [-0.39, 0.29) is 9.99 Å². The third-order valence-corrected chi connectivity index (χ3v) is 4.84. The highest BCUT2D eigenvalue weighted by molar-refractivity contribution is 7.87. The van der Waals surface area contributed by atoms with Crippen molar-refractivity contribution in [2.45, 2.75) is 13.0 Å². The summed E-state index contributed by atoms with van der Waals surface area (Å²) in [6.45, 7) is 1.12. The molecule has 0 aliphatic heterocycles. The van der Waals surface area contributed by atoms with Crippen molar-refractivity contribution in [3.05, 3.63) is 78.6 Å². The van der Waals surface area contributed by atoms with Crippen molar-refractivity contribution in [3.63, 3.8) is 0 Å². The molecule has 0 saturated carbocycles. The lowest BCUT2D eigenvalue weighted by atomic mass is 10.1. The molecule has 1 unspecified atom stereocenters. The third kappa shape index (κ3) is 5.49. The fourth-order valence-electron chi connectivity index (χ4n) is 2.50. The van der Waals surface area contributed by atoms with Crippen LogP contribution in [0.5, 0.6) is 0 Å². The third-order valence-electron chi connectivity index (χ3n) is 3.81. The quantitative estimate of drug-likeness (QED) is 0.350. The van der Waals surface area contributed by atoms with Gasteiger partial charge in [0.2, 0.25) is 0 Å². The number of hydroxylamine groups is 1. The van der Waals surface area contributed by atoms with Gasteiger partial charge in [-0.3, -0.25) is 14.6 Å². The molecule has 0 aliphatic rings. The number of hydrogen-bond donors (Lipinski definition) is 3. The van der Waals surface area contributed by atoms with Gasteiger partial charge in [0.15, 0.2) is 0 Å². The number of carbonyl (C=O) groups is 1. The topological polar surface area (TPSA) is 107 Å². The zero-order valence-corrected chi connectivity index (χ0v) is 15.7. The number of nitrogens with one attached hydrogen (secondary N) is 1. The van der Waals surface area contributed by atoms with E-state index in [0.717, 1.165) is 19.1 Å². The van der Waals surface area contributed by atoms with Gasteiger partial charge in [0.05, 0.1) is 5.69 Å². The molecule has 3 aromatic carbocycles. The van der Waals surface area contributed by atoms with Crippen molar-refractivity contribution < 1.29 is 27.4 Å². The largest absolute Gasteiger partial charge is 0.360 e. The molecule has 3 rings (SSSR count). The molecule has 0 heterocycles. The Bertz CT molecular complexity index is 993. The van der Waals surface area contributed by atoms with Crippen molar-refractivity contribution in [1.29, 1.82) is 0 Å². The van der Waals surface area contributed by atoms with Gasteiger partial charge in [-0.25, -0.2) is 14.2 Å². The first-order valence-electron chi connectivity index (χ1n) is 8.14. The molecule has 0 fully saturated rings. The maximum atomic E-state index is 13.0. The van der Waals surface area contributed by atoms with Gasteiger partial charge in [-0.05, 0) is 35.9 Å². The summed E-state index contributed by atoms with van der Waals surface area (Å²) in [6, 6.07) is 19.6. The highest BCUT2D eigenvalue weighted by Gasteiger charge is 2.30. The highest BCUT2D eigenvalue weighted by Crippen LogP contribution is 2.21. The van der Waals surface area contributed by atoms with Crippen LogP contribution < -0.4 is 9.79 Å². The Kier molecular flexibility index (Phi) is 7.05. The molecule has 0 aliphatic carbocycles. The van der Waals surface area contributed by atoms with E-state index >= 15 is 0 Å². The summed E-state index contributed by atoms with van der Waals surface area (Å²) in [7, 11) is -4.79. The molecule has 28 heavy (non-hydrogen) atoms. The van der Waals surface area contributed by atoms with Gasteiger partial charge in [-0.2, -0.15) is 8.42 Å². The minimum absolute atomic E-state index is 0.242. The SMILES string of the molecule is CC(C(=O)NO)N(c1cccc(F)c1)S(=O)(=O)O.c1ccc2ccccc2c1. The van der Waals surface area contributed by atoms with E-state index < -0.39 is 28.1 Å². The summed E-state index contributed by atoms with van der Waals surface area (Å²) in [4.78, 5) is 11.2. The molecule has 1 amide bonds. The molecule has 0 saturated heterocycles. The van der Waals surface area contributed by atoms with Crippen molar-refractivity contribution >= 4 is 32.7 Å². The molecular weight excluding hydrogens is 387 g/mol. The van der Waals surface area contributed by atoms with Crippen LogP contribution in [0.4, 0.5) is 10.1 Å². The first kappa shape index (κ1) is 21.3. The molecular formula is C19H19FN2O5S. The number of rotatable bonds is 4. The lowest BCUT2D eigenvalue weighted by molar-refractivity contribution is -0.130. The number of carbonyl (C=O) groups excluding carboxylic acids is 1. The Morgan fingerprint density at radius 2 is 1.50 bits per heavy atom. The zero-order chi connectivity index (χ0) is 20.7. The van der Waals surface area contributed by atoms with Crippen molar-refractivity contribution in [1.82, 2.24) is 5.48 Å². The van der Waals surface area contributed by atoms with Crippen LogP contribution in [0.2, 0.25) is 0 Å². The van der Waals surface area contributed by atoms with Crippen LogP contribution in [-0.4, -0.2) is 30.1 Å². The molecule has 0 radical (unpaired) electrons. The molecule has 0 aromatic heterocycles. The number of amides is 1. The predicted octanol–water partition coefficient (Wildman–Crippen LogP) is 3.17. The lowest BCUT2D eigenvalue weighted by Crippen LogP contribution is -2.47. The predicted molar refractivity (Wildman–Crippen MR) is 104 cm³/mol. The minimum atomic E-state index is -4.79. The molecule has 0 bridgehead atoms. The summed E-state index contributed by atoms with van der Waals surface area (Å²) < 4.78 is 44.7. The Balaban J connectivity index is 0.000000233. The number of halogens is 1. The standard InChI is InChI=1S/C10H8.C9H11FN2O5S/c1-2-6-10-8-4-3-7-9(10)5-1;1-6(9(13)11-14)12(18(15,16)17)8-4-2-3-7(10)5-8/h1-8H;2-6,14H,1H3,(H,11,13)(H,15,16,17). The average Bonchev–Trinajstić information content (AvgIpc) is 2.67. The second-order valence-electron chi connectivity index (χ2n) is 5.75. The molecule has 148 valence electrons. The molecule has 7 nitrogen and oxygen atoms in total. The summed E-state index contributed by atoms with van der Waals surface area (Å²) in [5.41, 5.74) is 1.01. The number of benzene rings is 3. The Morgan fingerprint density at radius 1 is 1.00 bits per heavy atom. The van der Waals surface area contributed by atoms with Gasteiger partial charge in [0.1, 0.15) is 11.9 Å². The second-order valence-corrected chi connectivity index (χ2v) is 7.04. The maximum Gasteiger partial charge on any atom is 0.360 e. The van der Waals surface area contributed by atoms with Gasteiger partial charge in [0, 0.05) is 0 Å². The summed E-state index contributed by atoms with van der Waals surface area (Å²) >= 11 is 0. The van der Waals surface area contributed by atoms with E-state index in [1.807, 2.05) is 0 Å². The Hall–Kier alpha value is -3.01. The highest BCUT2D eigenvalue weighted by atomic mass is 32.2. The number of anilines is 1. The van der Waals surface area contributed by atoms with Gasteiger partial charge in [-0.15, -0.1) is 0 Å². The minimum Gasteiger partial charge on any atom is -0.289 e. The van der Waals surface area contributed by atoms with Crippen LogP contribution in [0.25, 0.3) is 10.8 Å². The van der Waals surface area contributed by atoms with E-state index in [4.69, 9.17) is 9.76 Å². The molecule has 0 spiro atoms. The van der Waals surface area contributed by atoms with Crippen LogP contribution in [0.3, 0.4) is 0 Å². The van der Waals surface area contributed by atoms with Gasteiger partial charge >= 0.3 is 10.3 Å². The average molecular weight is 406 g/mol. The molecule has 9 heteroatoms. The van der Waals surface area contributed by atoms with Crippen molar-refractivity contribution in [2.75, 3.05) is 4.31 Å². The van der Waals surface area contributed by atoms with Gasteiger partial charge in [-0.1, -0.05) is 54.6 Å². The number of nitrogens with zero attached hydrogens (tertiary/aromatic N) is 1. The smallest absolute Gasteiger partial charge is 0.289 e. The fraction of sp³-hybridized carbons (Fsp3) is 0.105. The normalized spacial score (nSPS) is 11.9. The van der Waals surface area contributed by atoms with E-state index in [9.17, 15) is 17.6 Å². The number of hydrogen-bond acceptors (Lipinski definition) is 4. The van der Waals surface area contributed by atoms with Crippen molar-refractivity contribution in [2.24, 2.45) is 0 Å². The molecule has 3 N–H and O–H groups in total. The zero-order valence-electron chi connectivity index (χ0n) is 14.9. The fourth-order valence-corrected chi connectivity index (χ4v) is 3.38. The number of fused-ring (bicyclic) bond motifs is 1. The maximum absolute atomic E-state index is 13.0. The van der Waals surface area contributed by atoms with Crippen LogP contribution in [0.15, 0.2) is 72.8 Å². The van der Waals surface area contributed by atoms with Gasteiger partial charge in [0.25, 0.3) is 5.91 Å². The van der Waals surface area contributed by atoms with Crippen LogP contribution in [0, 0.1) is 5.82 Å². The Morgan fingerprint density at radius 3 is 1.89 bits per heavy atom. The monoisotopic (exact) mass is 406 g/mol. The summed E-state index contributed by atoms with van der Waals surface area (Å²) in [5.74, 6) is -1.81. The van der Waals surface area contributed by atoms with Crippen LogP contribution in [0.1, 0.15) is 6.92 Å². The van der Waals surface area contributed by atoms with E-state index in [2.05, 4.69) is 48.5 Å². The summed E-state index contributed by atoms with van der Waals surface area (Å²) in [6.07, 6.45) is 0. The lowest BCUT2D eigenvalue weighted by Gasteiger charge is -2.25. The van der Waals surface area contributed by atoms with E-state index in [0.29, 0.717) is 0 Å². The molecule has 3 aromatic rings. The van der Waals surface area contributed by atoms with E-state index in [1.165, 1.54) is 28.4 Å². The van der Waals surface area contributed by atoms with Gasteiger partial charge < -0.3 is 0 Å². The van der Waals surface area contributed by atoms with E-state index in [1.54, 1.807) is 0 Å². The Labute approximate surface area is 161 Å². The first-order valence-corrected chi connectivity index (χ1v) is 9.54. The first-order chi connectivity index (χ1) is 13.2. The summed E-state index contributed by atoms with van der Waals surface area (Å²) in [5, 5.41) is 11.1. The van der Waals surface area contributed by atoms with Crippen LogP contribution >= 0.6 is 0 Å². The second kappa shape index (κ2) is 9.27.